The van der Waals surface area contributed by atoms with Gasteiger partial charge in [-0.05, 0) is 36.4 Å². The maximum Gasteiger partial charge on any atom is 0.243 e. The Morgan fingerprint density at radius 2 is 1.88 bits per heavy atom. The molecule has 0 saturated carbocycles. The molecule has 164 valence electrons. The number of hydrogen-bond acceptors (Lipinski definition) is 6. The first-order valence-corrected chi connectivity index (χ1v) is 12.0. The smallest absolute Gasteiger partial charge is 0.243 e. The summed E-state index contributed by atoms with van der Waals surface area (Å²) < 4.78 is 39.4. The van der Waals surface area contributed by atoms with Crippen molar-refractivity contribution in [2.24, 2.45) is 0 Å². The van der Waals surface area contributed by atoms with E-state index in [0.717, 1.165) is 29.2 Å². The summed E-state index contributed by atoms with van der Waals surface area (Å²) in [4.78, 5) is 4.90. The molecule has 0 bridgehead atoms. The van der Waals surface area contributed by atoms with Gasteiger partial charge in [0.15, 0.2) is 0 Å². The van der Waals surface area contributed by atoms with Crippen LogP contribution >= 0.6 is 0 Å². The van der Waals surface area contributed by atoms with E-state index in [1.807, 2.05) is 54.6 Å². The van der Waals surface area contributed by atoms with Crippen LogP contribution < -0.4 is 4.74 Å². The standard InChI is InChI=1S/C24H23N3O4S/c1-30-20-11-4-9-18(15-20)23-25-24(31-26-23)19-10-6-14-27(16-19)32(28,29)22-13-5-8-17-7-2-3-12-21(17)22/h2-5,7-9,11-13,15,19H,6,10,14,16H2,1H3. The first-order valence-electron chi connectivity index (χ1n) is 10.5. The fourth-order valence-corrected chi connectivity index (χ4v) is 5.94. The molecule has 1 saturated heterocycles. The summed E-state index contributed by atoms with van der Waals surface area (Å²) in [6.07, 6.45) is 1.52. The van der Waals surface area contributed by atoms with Gasteiger partial charge in [-0.1, -0.05) is 53.7 Å². The quantitative estimate of drug-likeness (QED) is 0.447. The third kappa shape index (κ3) is 3.76. The molecule has 1 aromatic heterocycles. The molecule has 7 nitrogen and oxygen atoms in total. The van der Waals surface area contributed by atoms with Crippen LogP contribution in [0.3, 0.4) is 0 Å². The lowest BCUT2D eigenvalue weighted by atomic mass is 10.00. The lowest BCUT2D eigenvalue weighted by molar-refractivity contribution is 0.266. The molecule has 1 aliphatic rings. The van der Waals surface area contributed by atoms with Crippen molar-refractivity contribution in [1.82, 2.24) is 14.4 Å². The van der Waals surface area contributed by atoms with E-state index in [2.05, 4.69) is 10.1 Å². The highest BCUT2D eigenvalue weighted by Crippen LogP contribution is 2.33. The van der Waals surface area contributed by atoms with E-state index in [4.69, 9.17) is 9.26 Å². The molecule has 0 amide bonds. The second kappa shape index (κ2) is 8.37. The predicted molar refractivity (Wildman–Crippen MR) is 121 cm³/mol. The van der Waals surface area contributed by atoms with E-state index in [0.29, 0.717) is 35.4 Å². The van der Waals surface area contributed by atoms with Gasteiger partial charge in [0.05, 0.1) is 17.9 Å². The fraction of sp³-hybridized carbons (Fsp3) is 0.250. The van der Waals surface area contributed by atoms with E-state index in [9.17, 15) is 8.42 Å². The third-order valence-corrected chi connectivity index (χ3v) is 7.79. The Hall–Kier alpha value is -3.23. The Balaban J connectivity index is 1.42. The van der Waals surface area contributed by atoms with Crippen LogP contribution in [0.25, 0.3) is 22.2 Å². The summed E-state index contributed by atoms with van der Waals surface area (Å²) in [5.41, 5.74) is 0.787. The van der Waals surface area contributed by atoms with E-state index in [1.165, 1.54) is 0 Å². The average Bonchev–Trinajstić information content (AvgIpc) is 3.34. The van der Waals surface area contributed by atoms with Crippen LogP contribution in [-0.2, 0) is 10.0 Å². The fourth-order valence-electron chi connectivity index (χ4n) is 4.20. The first-order chi connectivity index (χ1) is 15.6. The van der Waals surface area contributed by atoms with Gasteiger partial charge in [0.2, 0.25) is 21.7 Å². The molecule has 0 radical (unpaired) electrons. The second-order valence-electron chi connectivity index (χ2n) is 7.87. The van der Waals surface area contributed by atoms with Crippen molar-refractivity contribution < 1.29 is 17.7 Å². The number of sulfonamides is 1. The van der Waals surface area contributed by atoms with Crippen LogP contribution in [0.15, 0.2) is 76.1 Å². The van der Waals surface area contributed by atoms with E-state index < -0.39 is 10.0 Å². The SMILES string of the molecule is COc1cccc(-c2noc(C3CCCN(S(=O)(=O)c4cccc5ccccc45)C3)n2)c1. The summed E-state index contributed by atoms with van der Waals surface area (Å²) >= 11 is 0. The van der Waals surface area contributed by atoms with Gasteiger partial charge in [0.25, 0.3) is 0 Å². The van der Waals surface area contributed by atoms with Gasteiger partial charge >= 0.3 is 0 Å². The molecule has 0 spiro atoms. The molecular formula is C24H23N3O4S. The van der Waals surface area contributed by atoms with Crippen LogP contribution in [0.5, 0.6) is 5.75 Å². The van der Waals surface area contributed by atoms with Crippen LogP contribution in [-0.4, -0.2) is 43.1 Å². The zero-order valence-corrected chi connectivity index (χ0v) is 18.5. The second-order valence-corrected chi connectivity index (χ2v) is 9.77. The van der Waals surface area contributed by atoms with Crippen molar-refractivity contribution in [1.29, 1.82) is 0 Å². The molecule has 1 fully saturated rings. The Labute approximate surface area is 186 Å². The van der Waals surface area contributed by atoms with Gasteiger partial charge < -0.3 is 9.26 Å². The monoisotopic (exact) mass is 449 g/mol. The number of piperidine rings is 1. The summed E-state index contributed by atoms with van der Waals surface area (Å²) in [6.45, 7) is 0.782. The largest absolute Gasteiger partial charge is 0.497 e. The first kappa shape index (κ1) is 20.7. The van der Waals surface area contributed by atoms with Gasteiger partial charge in [-0.25, -0.2) is 8.42 Å². The Bertz CT molecular complexity index is 1360. The molecule has 2 heterocycles. The summed E-state index contributed by atoms with van der Waals surface area (Å²) in [6, 6.07) is 20.4. The molecule has 3 aromatic carbocycles. The third-order valence-electron chi connectivity index (χ3n) is 5.87. The van der Waals surface area contributed by atoms with Gasteiger partial charge in [0, 0.05) is 24.0 Å². The number of aromatic nitrogens is 2. The maximum absolute atomic E-state index is 13.5. The van der Waals surface area contributed by atoms with Crippen molar-refractivity contribution in [2.45, 2.75) is 23.7 Å². The van der Waals surface area contributed by atoms with Gasteiger partial charge in [-0.15, -0.1) is 0 Å². The molecule has 4 aromatic rings. The Morgan fingerprint density at radius 3 is 2.75 bits per heavy atom. The number of methoxy groups -OCH3 is 1. The number of rotatable bonds is 5. The molecular weight excluding hydrogens is 426 g/mol. The molecule has 8 heteroatoms. The zero-order chi connectivity index (χ0) is 22.1. The Morgan fingerprint density at radius 1 is 1.06 bits per heavy atom. The van der Waals surface area contributed by atoms with Crippen LogP contribution in [0.4, 0.5) is 0 Å². The molecule has 1 aliphatic heterocycles. The molecule has 32 heavy (non-hydrogen) atoms. The van der Waals surface area contributed by atoms with Gasteiger partial charge in [-0.3, -0.25) is 0 Å². The van der Waals surface area contributed by atoms with Crippen LogP contribution in [0, 0.1) is 0 Å². The molecule has 0 N–H and O–H groups in total. The normalized spacial score (nSPS) is 17.5. The molecule has 1 unspecified atom stereocenters. The van der Waals surface area contributed by atoms with E-state index >= 15 is 0 Å². The number of fused-ring (bicyclic) bond motifs is 1. The number of benzene rings is 3. The highest BCUT2D eigenvalue weighted by atomic mass is 32.2. The maximum atomic E-state index is 13.5. The minimum Gasteiger partial charge on any atom is -0.497 e. The summed E-state index contributed by atoms with van der Waals surface area (Å²) in [5, 5.41) is 5.75. The lowest BCUT2D eigenvalue weighted by Crippen LogP contribution is -2.39. The van der Waals surface area contributed by atoms with Crippen molar-refractivity contribution in [3.8, 4) is 17.1 Å². The zero-order valence-electron chi connectivity index (χ0n) is 17.6. The molecule has 0 aliphatic carbocycles. The number of hydrogen-bond donors (Lipinski definition) is 0. The molecule has 5 rings (SSSR count). The van der Waals surface area contributed by atoms with Gasteiger partial charge in [0.1, 0.15) is 5.75 Å². The van der Waals surface area contributed by atoms with Crippen molar-refractivity contribution >= 4 is 20.8 Å². The topological polar surface area (TPSA) is 85.5 Å². The average molecular weight is 450 g/mol. The summed E-state index contributed by atoms with van der Waals surface area (Å²) in [5.74, 6) is 1.48. The van der Waals surface area contributed by atoms with E-state index in [1.54, 1.807) is 23.5 Å². The highest BCUT2D eigenvalue weighted by Gasteiger charge is 2.34. The van der Waals surface area contributed by atoms with Gasteiger partial charge in [-0.2, -0.15) is 9.29 Å². The minimum absolute atomic E-state index is 0.152. The minimum atomic E-state index is -3.66. The summed E-state index contributed by atoms with van der Waals surface area (Å²) in [7, 11) is -2.05. The lowest BCUT2D eigenvalue weighted by Gasteiger charge is -2.30. The highest BCUT2D eigenvalue weighted by molar-refractivity contribution is 7.89. The van der Waals surface area contributed by atoms with Crippen molar-refractivity contribution in [2.75, 3.05) is 20.2 Å². The van der Waals surface area contributed by atoms with Crippen LogP contribution in [0.2, 0.25) is 0 Å². The predicted octanol–water partition coefficient (Wildman–Crippen LogP) is 4.47. The molecule has 1 atom stereocenters. The van der Waals surface area contributed by atoms with Crippen LogP contribution in [0.1, 0.15) is 24.7 Å². The van der Waals surface area contributed by atoms with Crippen molar-refractivity contribution in [3.05, 3.63) is 72.6 Å². The van der Waals surface area contributed by atoms with Crippen molar-refractivity contribution in [3.63, 3.8) is 0 Å². The Kier molecular flexibility index (Phi) is 5.40. The number of ether oxygens (including phenoxy) is 1. The van der Waals surface area contributed by atoms with E-state index in [-0.39, 0.29) is 5.92 Å². The number of nitrogens with zero attached hydrogens (tertiary/aromatic N) is 3.